The molecule has 4 aromatic rings. The number of nitrogens with one attached hydrogen (secondary N) is 1. The van der Waals surface area contributed by atoms with Gasteiger partial charge >= 0.3 is 0 Å². The molecule has 0 spiro atoms. The third kappa shape index (κ3) is 4.93. The minimum atomic E-state index is -0.0856. The van der Waals surface area contributed by atoms with Gasteiger partial charge < -0.3 is 5.32 Å². The molecule has 2 heterocycles. The second-order valence-electron chi connectivity index (χ2n) is 6.80. The first-order valence-electron chi connectivity index (χ1n) is 9.57. The van der Waals surface area contributed by atoms with Crippen LogP contribution >= 0.6 is 11.8 Å². The van der Waals surface area contributed by atoms with Crippen LogP contribution in [-0.4, -0.2) is 31.4 Å². The predicted octanol–water partition coefficient (Wildman–Crippen LogP) is 4.43. The number of aryl methyl sites for hydroxylation is 1. The van der Waals surface area contributed by atoms with Gasteiger partial charge in [-0.25, -0.2) is 0 Å². The standard InChI is InChI=1S/C23H21N5OS/c1-17-10-12-19(13-11-17)25-21(29)16-30-23-27-26-22(20-9-5-6-14-24-20)28(23)15-18-7-3-2-4-8-18/h2-14H,15-16H2,1H3,(H,25,29). The molecule has 7 heteroatoms. The van der Waals surface area contributed by atoms with Crippen molar-refractivity contribution in [2.75, 3.05) is 11.1 Å². The Bertz CT molecular complexity index is 1110. The maximum absolute atomic E-state index is 12.4. The lowest BCUT2D eigenvalue weighted by atomic mass is 10.2. The Kier molecular flexibility index (Phi) is 6.20. The summed E-state index contributed by atoms with van der Waals surface area (Å²) in [5, 5.41) is 12.3. The van der Waals surface area contributed by atoms with Gasteiger partial charge in [-0.2, -0.15) is 0 Å². The zero-order valence-corrected chi connectivity index (χ0v) is 17.3. The Morgan fingerprint density at radius 2 is 1.73 bits per heavy atom. The summed E-state index contributed by atoms with van der Waals surface area (Å²) in [4.78, 5) is 16.8. The summed E-state index contributed by atoms with van der Waals surface area (Å²) in [5.41, 5.74) is 3.81. The van der Waals surface area contributed by atoms with E-state index in [2.05, 4.69) is 32.6 Å². The summed E-state index contributed by atoms with van der Waals surface area (Å²) in [5.74, 6) is 0.835. The van der Waals surface area contributed by atoms with Gasteiger partial charge in [0.2, 0.25) is 5.91 Å². The number of hydrogen-bond donors (Lipinski definition) is 1. The highest BCUT2D eigenvalue weighted by Gasteiger charge is 2.17. The Morgan fingerprint density at radius 3 is 2.47 bits per heavy atom. The van der Waals surface area contributed by atoms with Crippen LogP contribution in [0.15, 0.2) is 84.1 Å². The molecule has 1 amide bonds. The first-order valence-corrected chi connectivity index (χ1v) is 10.6. The number of anilines is 1. The normalized spacial score (nSPS) is 10.7. The number of rotatable bonds is 7. The van der Waals surface area contributed by atoms with Gasteiger partial charge in [0.05, 0.1) is 12.3 Å². The lowest BCUT2D eigenvalue weighted by Crippen LogP contribution is -2.14. The third-order valence-corrected chi connectivity index (χ3v) is 5.43. The fraction of sp³-hybridized carbons (Fsp3) is 0.130. The van der Waals surface area contributed by atoms with Crippen molar-refractivity contribution in [2.24, 2.45) is 0 Å². The van der Waals surface area contributed by atoms with Crippen LogP contribution in [0.4, 0.5) is 5.69 Å². The van der Waals surface area contributed by atoms with Crippen LogP contribution in [0, 0.1) is 6.92 Å². The van der Waals surface area contributed by atoms with E-state index in [1.54, 1.807) is 6.20 Å². The van der Waals surface area contributed by atoms with Gasteiger partial charge in [0.15, 0.2) is 11.0 Å². The molecule has 150 valence electrons. The lowest BCUT2D eigenvalue weighted by molar-refractivity contribution is -0.113. The van der Waals surface area contributed by atoms with E-state index >= 15 is 0 Å². The number of carbonyl (C=O) groups excluding carboxylic acids is 1. The van der Waals surface area contributed by atoms with Gasteiger partial charge in [-0.05, 0) is 36.8 Å². The van der Waals surface area contributed by atoms with E-state index in [9.17, 15) is 4.79 Å². The SMILES string of the molecule is Cc1ccc(NC(=O)CSc2nnc(-c3ccccn3)n2Cc2ccccc2)cc1. The number of pyridine rings is 1. The number of nitrogens with zero attached hydrogens (tertiary/aromatic N) is 4. The minimum absolute atomic E-state index is 0.0856. The summed E-state index contributed by atoms with van der Waals surface area (Å²) in [6, 6.07) is 23.5. The second-order valence-corrected chi connectivity index (χ2v) is 7.74. The molecule has 0 saturated carbocycles. The Morgan fingerprint density at radius 1 is 0.967 bits per heavy atom. The second kappa shape index (κ2) is 9.37. The van der Waals surface area contributed by atoms with Crippen LogP contribution in [0.25, 0.3) is 11.5 Å². The highest BCUT2D eigenvalue weighted by Crippen LogP contribution is 2.24. The maximum atomic E-state index is 12.4. The molecule has 0 aliphatic rings. The molecule has 0 saturated heterocycles. The molecular formula is C23H21N5OS. The molecular weight excluding hydrogens is 394 g/mol. The van der Waals surface area contributed by atoms with E-state index in [0.717, 1.165) is 22.5 Å². The Labute approximate surface area is 179 Å². The van der Waals surface area contributed by atoms with E-state index in [1.807, 2.05) is 72.2 Å². The van der Waals surface area contributed by atoms with Gasteiger partial charge in [0.25, 0.3) is 0 Å². The maximum Gasteiger partial charge on any atom is 0.234 e. The average Bonchev–Trinajstić information content (AvgIpc) is 3.17. The predicted molar refractivity (Wildman–Crippen MR) is 119 cm³/mol. The summed E-state index contributed by atoms with van der Waals surface area (Å²) in [7, 11) is 0. The van der Waals surface area contributed by atoms with Gasteiger partial charge in [-0.3, -0.25) is 14.3 Å². The monoisotopic (exact) mass is 415 g/mol. The number of aromatic nitrogens is 4. The van der Waals surface area contributed by atoms with E-state index in [1.165, 1.54) is 11.8 Å². The lowest BCUT2D eigenvalue weighted by Gasteiger charge is -2.10. The van der Waals surface area contributed by atoms with Crippen LogP contribution in [0.1, 0.15) is 11.1 Å². The molecule has 2 aromatic carbocycles. The van der Waals surface area contributed by atoms with Gasteiger partial charge in [0, 0.05) is 11.9 Å². The van der Waals surface area contributed by atoms with Crippen molar-refractivity contribution in [3.05, 3.63) is 90.1 Å². The summed E-state index contributed by atoms with van der Waals surface area (Å²) < 4.78 is 2.00. The molecule has 1 N–H and O–H groups in total. The number of carbonyl (C=O) groups is 1. The molecule has 0 radical (unpaired) electrons. The minimum Gasteiger partial charge on any atom is -0.325 e. The first-order chi connectivity index (χ1) is 14.7. The van der Waals surface area contributed by atoms with E-state index < -0.39 is 0 Å². The van der Waals surface area contributed by atoms with Crippen molar-refractivity contribution < 1.29 is 4.79 Å². The highest BCUT2D eigenvalue weighted by atomic mass is 32.2. The fourth-order valence-electron chi connectivity index (χ4n) is 2.95. The van der Waals surface area contributed by atoms with Crippen molar-refractivity contribution >= 4 is 23.4 Å². The number of amides is 1. The first kappa shape index (κ1) is 19.8. The van der Waals surface area contributed by atoms with Crippen LogP contribution in [0.5, 0.6) is 0 Å². The molecule has 0 aliphatic carbocycles. The molecule has 0 unspecified atom stereocenters. The number of benzene rings is 2. The molecule has 6 nitrogen and oxygen atoms in total. The van der Waals surface area contributed by atoms with Crippen LogP contribution in [-0.2, 0) is 11.3 Å². The molecule has 0 aliphatic heterocycles. The fourth-order valence-corrected chi connectivity index (χ4v) is 3.69. The van der Waals surface area contributed by atoms with Crippen molar-refractivity contribution in [2.45, 2.75) is 18.6 Å². The zero-order valence-electron chi connectivity index (χ0n) is 16.5. The van der Waals surface area contributed by atoms with Crippen LogP contribution in [0.2, 0.25) is 0 Å². The number of thioether (sulfide) groups is 1. The van der Waals surface area contributed by atoms with Crippen molar-refractivity contribution in [3.8, 4) is 11.5 Å². The highest BCUT2D eigenvalue weighted by molar-refractivity contribution is 7.99. The number of hydrogen-bond acceptors (Lipinski definition) is 5. The average molecular weight is 416 g/mol. The quantitative estimate of drug-likeness (QED) is 0.452. The molecule has 0 fully saturated rings. The van der Waals surface area contributed by atoms with E-state index in [4.69, 9.17) is 0 Å². The third-order valence-electron chi connectivity index (χ3n) is 4.46. The zero-order chi connectivity index (χ0) is 20.8. The molecule has 0 bridgehead atoms. The smallest absolute Gasteiger partial charge is 0.234 e. The van der Waals surface area contributed by atoms with Gasteiger partial charge in [-0.1, -0.05) is 65.9 Å². The molecule has 2 aromatic heterocycles. The topological polar surface area (TPSA) is 72.7 Å². The Balaban J connectivity index is 1.52. The van der Waals surface area contributed by atoms with Crippen molar-refractivity contribution in [1.29, 1.82) is 0 Å². The summed E-state index contributed by atoms with van der Waals surface area (Å²) in [6.45, 7) is 2.61. The van der Waals surface area contributed by atoms with E-state index in [-0.39, 0.29) is 11.7 Å². The van der Waals surface area contributed by atoms with E-state index in [0.29, 0.717) is 17.5 Å². The summed E-state index contributed by atoms with van der Waals surface area (Å²) >= 11 is 1.36. The van der Waals surface area contributed by atoms with Crippen molar-refractivity contribution in [3.63, 3.8) is 0 Å². The largest absolute Gasteiger partial charge is 0.325 e. The van der Waals surface area contributed by atoms with Gasteiger partial charge in [-0.15, -0.1) is 10.2 Å². The van der Waals surface area contributed by atoms with Gasteiger partial charge in [0.1, 0.15) is 5.69 Å². The van der Waals surface area contributed by atoms with Crippen molar-refractivity contribution in [1.82, 2.24) is 19.7 Å². The van der Waals surface area contributed by atoms with Crippen LogP contribution in [0.3, 0.4) is 0 Å². The molecule has 4 rings (SSSR count). The van der Waals surface area contributed by atoms with Crippen LogP contribution < -0.4 is 5.32 Å². The molecule has 0 atom stereocenters. The Hall–Kier alpha value is -3.45. The molecule has 30 heavy (non-hydrogen) atoms. The summed E-state index contributed by atoms with van der Waals surface area (Å²) in [6.07, 6.45) is 1.73.